The van der Waals surface area contributed by atoms with Crippen molar-refractivity contribution in [1.29, 1.82) is 0 Å². The first-order chi connectivity index (χ1) is 18.0. The third-order valence-electron chi connectivity index (χ3n) is 6.97. The quantitative estimate of drug-likeness (QED) is 0.196. The van der Waals surface area contributed by atoms with Gasteiger partial charge in [0.25, 0.3) is 5.91 Å². The highest BCUT2D eigenvalue weighted by molar-refractivity contribution is 14.1. The highest BCUT2D eigenvalue weighted by atomic mass is 127. The van der Waals surface area contributed by atoms with Gasteiger partial charge in [-0.1, -0.05) is 31.4 Å². The Morgan fingerprint density at radius 3 is 2.62 bits per heavy atom. The summed E-state index contributed by atoms with van der Waals surface area (Å²) < 4.78 is 21.6. The van der Waals surface area contributed by atoms with E-state index < -0.39 is 0 Å². The normalized spacial score (nSPS) is 16.1. The molecule has 3 aromatic rings. The molecule has 0 atom stereocenters. The number of halogens is 3. The maximum absolute atomic E-state index is 13.5. The number of rotatable bonds is 7. The molecule has 8 heteroatoms. The highest BCUT2D eigenvalue weighted by Crippen LogP contribution is 2.40. The molecular formula is C29H29FI2N2O2S. The summed E-state index contributed by atoms with van der Waals surface area (Å²) in [5.41, 5.74) is 3.73. The van der Waals surface area contributed by atoms with Gasteiger partial charge in [0.05, 0.1) is 9.13 Å². The van der Waals surface area contributed by atoms with Gasteiger partial charge in [0.15, 0.2) is 0 Å². The summed E-state index contributed by atoms with van der Waals surface area (Å²) in [7, 11) is 0. The monoisotopic (exact) mass is 742 g/mol. The van der Waals surface area contributed by atoms with Gasteiger partial charge < -0.3 is 10.1 Å². The van der Waals surface area contributed by atoms with Crippen LogP contribution in [0.25, 0.3) is 0 Å². The van der Waals surface area contributed by atoms with Crippen LogP contribution in [-0.2, 0) is 19.4 Å². The second-order valence-corrected chi connectivity index (χ2v) is 13.2. The Morgan fingerprint density at radius 1 is 1.08 bits per heavy atom. The molecule has 37 heavy (non-hydrogen) atoms. The van der Waals surface area contributed by atoms with Gasteiger partial charge in [-0.15, -0.1) is 11.3 Å². The molecular weight excluding hydrogens is 713 g/mol. The van der Waals surface area contributed by atoms with Gasteiger partial charge in [0, 0.05) is 26.3 Å². The third kappa shape index (κ3) is 6.73. The van der Waals surface area contributed by atoms with E-state index in [4.69, 9.17) is 9.73 Å². The predicted molar refractivity (Wildman–Crippen MR) is 165 cm³/mol. The predicted octanol–water partition coefficient (Wildman–Crippen LogP) is 8.37. The summed E-state index contributed by atoms with van der Waals surface area (Å²) in [5.74, 6) is 0.509. The Balaban J connectivity index is 1.43. The molecule has 0 aliphatic heterocycles. The van der Waals surface area contributed by atoms with Gasteiger partial charge in [-0.3, -0.25) is 4.79 Å². The Morgan fingerprint density at radius 2 is 1.84 bits per heavy atom. The Hall–Kier alpha value is -1.53. The number of aliphatic imine (C=N–C) groups is 1. The molecule has 4 nitrogen and oxygen atoms in total. The number of aryl methyl sites for hydroxylation is 1. The molecule has 1 fully saturated rings. The van der Waals surface area contributed by atoms with E-state index in [1.165, 1.54) is 41.8 Å². The van der Waals surface area contributed by atoms with Gasteiger partial charge in [-0.05, 0) is 119 Å². The first-order valence-corrected chi connectivity index (χ1v) is 15.8. The number of hydrogen-bond donors (Lipinski definition) is 1. The number of amides is 1. The fourth-order valence-electron chi connectivity index (χ4n) is 5.07. The number of nitrogens with one attached hydrogen (secondary N) is 1. The second kappa shape index (κ2) is 12.5. The molecule has 0 saturated heterocycles. The zero-order valence-corrected chi connectivity index (χ0v) is 25.6. The topological polar surface area (TPSA) is 50.7 Å². The van der Waals surface area contributed by atoms with E-state index >= 15 is 0 Å². The van der Waals surface area contributed by atoms with Gasteiger partial charge in [0.1, 0.15) is 23.2 Å². The molecule has 0 spiro atoms. The number of nitrogens with zero attached hydrogens (tertiary/aromatic N) is 1. The number of fused-ring (bicyclic) bond motifs is 1. The number of carbonyl (C=O) groups excluding carboxylic acids is 1. The molecule has 194 valence electrons. The van der Waals surface area contributed by atoms with Crippen LogP contribution < -0.4 is 10.1 Å². The van der Waals surface area contributed by atoms with Crippen LogP contribution in [0.5, 0.6) is 5.75 Å². The lowest BCUT2D eigenvalue weighted by Gasteiger charge is -2.23. The van der Waals surface area contributed by atoms with Crippen molar-refractivity contribution in [3.8, 4) is 5.75 Å². The zero-order chi connectivity index (χ0) is 25.8. The summed E-state index contributed by atoms with van der Waals surface area (Å²) in [6, 6.07) is 10.7. The van der Waals surface area contributed by atoms with Gasteiger partial charge in [0.2, 0.25) is 0 Å². The summed E-state index contributed by atoms with van der Waals surface area (Å²) >= 11 is 6.24. The van der Waals surface area contributed by atoms with Crippen LogP contribution in [0.2, 0.25) is 0 Å². The third-order valence-corrected chi connectivity index (χ3v) is 9.60. The number of thiophene rings is 1. The largest absolute Gasteiger partial charge is 0.487 e. The zero-order valence-electron chi connectivity index (χ0n) is 20.5. The van der Waals surface area contributed by atoms with Crippen LogP contribution in [0.3, 0.4) is 0 Å². The van der Waals surface area contributed by atoms with Crippen LogP contribution >= 0.6 is 56.5 Å². The molecule has 1 heterocycles. The average Bonchev–Trinajstić information content (AvgIpc) is 3.27. The van der Waals surface area contributed by atoms with Crippen molar-refractivity contribution in [2.24, 2.45) is 4.99 Å². The molecule has 1 aromatic heterocycles. The maximum atomic E-state index is 13.5. The van der Waals surface area contributed by atoms with Crippen LogP contribution in [0.15, 0.2) is 41.4 Å². The lowest BCUT2D eigenvalue weighted by atomic mass is 9.93. The van der Waals surface area contributed by atoms with Crippen molar-refractivity contribution >= 4 is 73.6 Å². The summed E-state index contributed by atoms with van der Waals surface area (Å²) in [5, 5.41) is 4.11. The Labute approximate surface area is 248 Å². The maximum Gasteiger partial charge on any atom is 0.254 e. The standard InChI is InChI=1S/C29H29FI2N2O2S/c30-20-12-10-18(11-13-20)17-36-27-19(14-21(31)15-24(27)32)16-33-29-26(23-8-4-5-9-25(23)37-29)28(35)34-22-6-2-1-3-7-22/h10-16,22H,1-9,17H2,(H,34,35). The SMILES string of the molecule is O=C(NC1CCCCC1)c1c(N=Cc2cc(I)cc(I)c2OCc2ccc(F)cc2)sc2c1CCCC2. The molecule has 0 unspecified atom stereocenters. The van der Waals surface area contributed by atoms with Crippen molar-refractivity contribution in [3.63, 3.8) is 0 Å². The van der Waals surface area contributed by atoms with E-state index in [1.807, 2.05) is 12.3 Å². The van der Waals surface area contributed by atoms with Gasteiger partial charge in [-0.25, -0.2) is 9.38 Å². The van der Waals surface area contributed by atoms with Crippen LogP contribution in [0, 0.1) is 13.0 Å². The Bertz CT molecular complexity index is 1300. The number of hydrogen-bond acceptors (Lipinski definition) is 4. The molecule has 1 amide bonds. The van der Waals surface area contributed by atoms with Crippen molar-refractivity contribution in [3.05, 3.63) is 76.5 Å². The van der Waals surface area contributed by atoms with Crippen molar-refractivity contribution < 1.29 is 13.9 Å². The van der Waals surface area contributed by atoms with E-state index in [1.54, 1.807) is 23.5 Å². The van der Waals surface area contributed by atoms with Crippen LogP contribution in [0.1, 0.15) is 76.9 Å². The first-order valence-electron chi connectivity index (χ1n) is 12.8. The molecule has 1 N–H and O–H groups in total. The van der Waals surface area contributed by atoms with Gasteiger partial charge >= 0.3 is 0 Å². The number of carbonyl (C=O) groups is 1. The molecule has 1 saturated carbocycles. The molecule has 5 rings (SSSR count). The van der Waals surface area contributed by atoms with E-state index in [-0.39, 0.29) is 17.8 Å². The summed E-state index contributed by atoms with van der Waals surface area (Å²) in [4.78, 5) is 19.7. The van der Waals surface area contributed by atoms with E-state index in [0.29, 0.717) is 6.61 Å². The summed E-state index contributed by atoms with van der Waals surface area (Å²) in [6.07, 6.45) is 11.8. The molecule has 2 aliphatic carbocycles. The van der Waals surface area contributed by atoms with E-state index in [0.717, 1.165) is 73.1 Å². The Kier molecular flexibility index (Phi) is 9.18. The van der Waals surface area contributed by atoms with Crippen LogP contribution in [-0.4, -0.2) is 18.2 Å². The fourth-order valence-corrected chi connectivity index (χ4v) is 8.35. The van der Waals surface area contributed by atoms with E-state index in [9.17, 15) is 9.18 Å². The van der Waals surface area contributed by atoms with Crippen LogP contribution in [0.4, 0.5) is 9.39 Å². The smallest absolute Gasteiger partial charge is 0.254 e. The first kappa shape index (κ1) is 27.1. The summed E-state index contributed by atoms with van der Waals surface area (Å²) in [6.45, 7) is 0.333. The number of ether oxygens (including phenoxy) is 1. The van der Waals surface area contributed by atoms with Crippen molar-refractivity contribution in [1.82, 2.24) is 5.32 Å². The fraction of sp³-hybridized carbons (Fsp3) is 0.379. The second-order valence-electron chi connectivity index (χ2n) is 9.68. The highest BCUT2D eigenvalue weighted by Gasteiger charge is 2.27. The lowest BCUT2D eigenvalue weighted by Crippen LogP contribution is -2.36. The molecule has 0 bridgehead atoms. The van der Waals surface area contributed by atoms with Gasteiger partial charge in [-0.2, -0.15) is 0 Å². The number of benzene rings is 2. The minimum Gasteiger partial charge on any atom is -0.487 e. The lowest BCUT2D eigenvalue weighted by molar-refractivity contribution is 0.0927. The molecule has 2 aromatic carbocycles. The average molecular weight is 742 g/mol. The minimum atomic E-state index is -0.262. The van der Waals surface area contributed by atoms with Crippen molar-refractivity contribution in [2.75, 3.05) is 0 Å². The van der Waals surface area contributed by atoms with E-state index in [2.05, 4.69) is 56.6 Å². The van der Waals surface area contributed by atoms with Crippen molar-refractivity contribution in [2.45, 2.75) is 70.4 Å². The minimum absolute atomic E-state index is 0.0310. The molecule has 2 aliphatic rings. The molecule has 0 radical (unpaired) electrons.